The van der Waals surface area contributed by atoms with E-state index in [0.717, 1.165) is 0 Å². The Morgan fingerprint density at radius 2 is 1.43 bits per heavy atom. The molecule has 3 N–H and O–H groups in total. The van der Waals surface area contributed by atoms with Crippen LogP contribution in [0.15, 0.2) is 0 Å². The van der Waals surface area contributed by atoms with Gasteiger partial charge in [-0.25, -0.2) is 0 Å². The highest BCUT2D eigenvalue weighted by molar-refractivity contribution is 5.89. The van der Waals surface area contributed by atoms with Crippen molar-refractivity contribution in [2.24, 2.45) is 35.5 Å². The molecule has 3 saturated heterocycles. The van der Waals surface area contributed by atoms with E-state index in [1.165, 1.54) is 35.0 Å². The molecule has 0 bridgehead atoms. The summed E-state index contributed by atoms with van der Waals surface area (Å²) < 4.78 is 55.0. The predicted molar refractivity (Wildman–Crippen MR) is 208 cm³/mol. The van der Waals surface area contributed by atoms with Crippen LogP contribution in [0.3, 0.4) is 0 Å². The Bertz CT molecular complexity index is 1390. The number of aliphatic hydroxyl groups excluding tert-OH is 2. The molecule has 0 aromatic rings. The fourth-order valence-electron chi connectivity index (χ4n) is 9.20. The van der Waals surface area contributed by atoms with E-state index in [1.54, 1.807) is 62.3 Å². The minimum atomic E-state index is -1.99. The Labute approximate surface area is 344 Å². The molecule has 0 aromatic carbocycles. The first-order chi connectivity index (χ1) is 26.8. The number of cyclic esters (lactones) is 1. The van der Waals surface area contributed by atoms with Gasteiger partial charge in [0, 0.05) is 58.7 Å². The van der Waals surface area contributed by atoms with Crippen LogP contribution >= 0.6 is 0 Å². The zero-order chi connectivity index (χ0) is 44.2. The lowest BCUT2D eigenvalue weighted by Gasteiger charge is -2.48. The van der Waals surface area contributed by atoms with Gasteiger partial charge in [-0.1, -0.05) is 34.6 Å². The van der Waals surface area contributed by atoms with Crippen LogP contribution in [0.25, 0.3) is 0 Å². The molecule has 16 heteroatoms. The van der Waals surface area contributed by atoms with E-state index in [0.29, 0.717) is 6.42 Å². The Hall–Kier alpha value is -2.28. The van der Waals surface area contributed by atoms with Gasteiger partial charge in [-0.2, -0.15) is 0 Å². The first-order valence-corrected chi connectivity index (χ1v) is 20.7. The maximum absolute atomic E-state index is 14.6. The van der Waals surface area contributed by atoms with Crippen LogP contribution in [0.1, 0.15) is 109 Å². The quantitative estimate of drug-likeness (QED) is 0.212. The minimum Gasteiger partial charge on any atom is -0.461 e. The van der Waals surface area contributed by atoms with Gasteiger partial charge < -0.3 is 58.0 Å². The number of hydrogen-bond acceptors (Lipinski definition) is 16. The maximum Gasteiger partial charge on any atom is 0.311 e. The molecule has 0 aromatic heterocycles. The van der Waals surface area contributed by atoms with E-state index in [2.05, 4.69) is 0 Å². The Balaban J connectivity index is 2.24. The van der Waals surface area contributed by atoms with Crippen LogP contribution in [0.5, 0.6) is 0 Å². The van der Waals surface area contributed by atoms with Gasteiger partial charge in [0.05, 0.1) is 48.5 Å². The molecule has 0 amide bonds. The molecular weight excluding hydrogens is 760 g/mol. The Kier molecular flexibility index (Phi) is 17.7. The van der Waals surface area contributed by atoms with Crippen molar-refractivity contribution in [3.63, 3.8) is 0 Å². The van der Waals surface area contributed by atoms with Gasteiger partial charge in [0.25, 0.3) is 0 Å². The number of esters is 3. The molecule has 1 unspecified atom stereocenters. The Morgan fingerprint density at radius 1 is 0.828 bits per heavy atom. The normalized spacial score (nSPS) is 44.7. The molecule has 3 aliphatic heterocycles. The van der Waals surface area contributed by atoms with E-state index in [-0.39, 0.29) is 18.9 Å². The van der Waals surface area contributed by atoms with Crippen molar-refractivity contribution >= 4 is 23.7 Å². The van der Waals surface area contributed by atoms with Crippen molar-refractivity contribution in [3.05, 3.63) is 0 Å². The molecule has 0 radical (unpaired) electrons. The molecule has 16 nitrogen and oxygen atoms in total. The molecule has 3 heterocycles. The van der Waals surface area contributed by atoms with Crippen molar-refractivity contribution in [1.29, 1.82) is 0 Å². The van der Waals surface area contributed by atoms with Crippen molar-refractivity contribution in [1.82, 2.24) is 0 Å². The summed E-state index contributed by atoms with van der Waals surface area (Å²) in [5, 5.41) is 34.2. The first-order valence-electron chi connectivity index (χ1n) is 20.7. The third kappa shape index (κ3) is 11.8. The highest BCUT2D eigenvalue weighted by Crippen LogP contribution is 2.41. The van der Waals surface area contributed by atoms with E-state index >= 15 is 0 Å². The number of carbonyl (C=O) groups excluding carboxylic acids is 4. The highest BCUT2D eigenvalue weighted by atomic mass is 16.7. The molecule has 0 spiro atoms. The molecule has 3 fully saturated rings. The van der Waals surface area contributed by atoms with Gasteiger partial charge in [0.2, 0.25) is 0 Å². The van der Waals surface area contributed by atoms with Gasteiger partial charge in [0.1, 0.15) is 29.5 Å². The monoisotopic (exact) mass is 832 g/mol. The lowest BCUT2D eigenvalue weighted by atomic mass is 9.74. The van der Waals surface area contributed by atoms with Crippen molar-refractivity contribution < 1.29 is 77.1 Å². The number of hydrogen-bond donors (Lipinski definition) is 3. The molecule has 3 rings (SSSR count). The SMILES string of the molecule is CO[C@H]1C[C@@H](C)O[C@@H](O[C@@H]2[C@@H](C)[C@H](O[C@H]3C[C@@](C)(OC)[C@H](OC(C)=O)[C@H](C)O3)C(C)C(=O)O[C@H]([C@@H](C)[C@H](C)O)[C@H](C)[C@H](OC(C)=O)[C@@H](C)C(=O)[C@@](C)(O)C[C@@H]2C)[C@@H]1O. The zero-order valence-electron chi connectivity index (χ0n) is 37.2. The molecule has 20 atom stereocenters. The largest absolute Gasteiger partial charge is 0.461 e. The minimum absolute atomic E-state index is 0.0826. The van der Waals surface area contributed by atoms with E-state index in [4.69, 9.17) is 42.6 Å². The zero-order valence-corrected chi connectivity index (χ0v) is 37.2. The van der Waals surface area contributed by atoms with Crippen LogP contribution in [0.2, 0.25) is 0 Å². The van der Waals surface area contributed by atoms with Crippen molar-refractivity contribution in [2.45, 2.75) is 194 Å². The van der Waals surface area contributed by atoms with E-state index < -0.39 is 138 Å². The second kappa shape index (κ2) is 20.5. The summed E-state index contributed by atoms with van der Waals surface area (Å²) in [6, 6.07) is 0. The average molecular weight is 833 g/mol. The number of carbonyl (C=O) groups is 4. The lowest BCUT2D eigenvalue weighted by molar-refractivity contribution is -0.313. The maximum atomic E-state index is 14.6. The number of rotatable bonds is 10. The van der Waals surface area contributed by atoms with Gasteiger partial charge in [-0.15, -0.1) is 0 Å². The van der Waals surface area contributed by atoms with E-state index in [1.807, 2.05) is 6.92 Å². The molecule has 3 aliphatic rings. The van der Waals surface area contributed by atoms with Crippen molar-refractivity contribution in [3.8, 4) is 0 Å². The van der Waals surface area contributed by atoms with Gasteiger partial charge in [-0.3, -0.25) is 19.2 Å². The van der Waals surface area contributed by atoms with Crippen LogP contribution in [-0.4, -0.2) is 138 Å². The summed E-state index contributed by atoms with van der Waals surface area (Å²) >= 11 is 0. The number of methoxy groups -OCH3 is 2. The Morgan fingerprint density at radius 3 is 1.97 bits per heavy atom. The smallest absolute Gasteiger partial charge is 0.311 e. The molecular formula is C42H72O16. The van der Waals surface area contributed by atoms with E-state index in [9.17, 15) is 34.5 Å². The van der Waals surface area contributed by atoms with Crippen molar-refractivity contribution in [2.75, 3.05) is 14.2 Å². The van der Waals surface area contributed by atoms with Gasteiger partial charge in [0.15, 0.2) is 24.5 Å². The standard InChI is InChI=1S/C42H72O16/c1-19-17-41(12,49)37(47)24(6)35(54-28(10)44)23(5)34(21(3)26(8)43)57-39(48)25(7)36(22(4)33(19)58-40-32(46)30(50-14)16-20(2)52-40)56-31-18-42(13,51-15)38(27(9)53-31)55-29(11)45/h19-27,30-36,38,40,43,46,49H,16-18H2,1-15H3/t19-,20+,21-,22+,23-,24+,25?,26-,27-,30-,31-,32+,33-,34+,35-,36-,38+,40-,41-,42+/m0/s1. The number of Topliss-reactive ketones (excluding diaryl/α,β-unsaturated/α-hetero) is 1. The van der Waals surface area contributed by atoms with Crippen LogP contribution in [0.4, 0.5) is 0 Å². The second-order valence-corrected chi connectivity index (χ2v) is 17.7. The summed E-state index contributed by atoms with van der Waals surface area (Å²) in [6.07, 6.45) is -10.8. The molecule has 336 valence electrons. The summed E-state index contributed by atoms with van der Waals surface area (Å²) in [4.78, 5) is 53.5. The van der Waals surface area contributed by atoms with Gasteiger partial charge in [-0.05, 0) is 53.9 Å². The third-order valence-corrected chi connectivity index (χ3v) is 12.7. The highest BCUT2D eigenvalue weighted by Gasteiger charge is 2.53. The predicted octanol–water partition coefficient (Wildman–Crippen LogP) is 3.50. The summed E-state index contributed by atoms with van der Waals surface area (Å²) in [6.45, 7) is 20.9. The lowest BCUT2D eigenvalue weighted by Crippen LogP contribution is -2.59. The van der Waals surface area contributed by atoms with Crippen LogP contribution < -0.4 is 0 Å². The molecule has 0 saturated carbocycles. The fourth-order valence-corrected chi connectivity index (χ4v) is 9.20. The fraction of sp³-hybridized carbons (Fsp3) is 0.905. The average Bonchev–Trinajstić information content (AvgIpc) is 3.13. The summed E-state index contributed by atoms with van der Waals surface area (Å²) in [5.41, 5.74) is -3.06. The number of ketones is 1. The van der Waals surface area contributed by atoms with Gasteiger partial charge >= 0.3 is 17.9 Å². The van der Waals surface area contributed by atoms with Crippen LogP contribution in [0, 0.1) is 35.5 Å². The second-order valence-electron chi connectivity index (χ2n) is 17.7. The first kappa shape index (κ1) is 50.1. The number of ether oxygens (including phenoxy) is 9. The summed E-state index contributed by atoms with van der Waals surface area (Å²) in [7, 11) is 2.98. The topological polar surface area (TPSA) is 212 Å². The summed E-state index contributed by atoms with van der Waals surface area (Å²) in [5.74, 6) is -7.59. The molecule has 58 heavy (non-hydrogen) atoms. The van der Waals surface area contributed by atoms with Crippen LogP contribution in [-0.2, 0) is 61.8 Å². The molecule has 0 aliphatic carbocycles. The number of aliphatic hydroxyl groups is 3. The third-order valence-electron chi connectivity index (χ3n) is 12.7.